The number of alkyl halides is 1. The van der Waals surface area contributed by atoms with E-state index in [0.717, 1.165) is 19.3 Å². The minimum Gasteiger partial charge on any atom is -0.393 e. The standard InChI is InChI=1S/C22H35FO4/c1-12-9-17-15-10-18(23)21(26)11-14(25)5-7-19(21,3)16(15)6-8-20(17,4)22(12,27)13(2)24/h12,14-18,25-27H,5-11H2,1-4H3/t12-,14+,15+,16-,17-,18-,19+,20-,21+,22+/m0/s1. The monoisotopic (exact) mass is 382 g/mol. The molecule has 0 aromatic rings. The maximum absolute atomic E-state index is 15.4. The lowest BCUT2D eigenvalue weighted by molar-refractivity contribution is -0.253. The highest BCUT2D eigenvalue weighted by Gasteiger charge is 2.72. The highest BCUT2D eigenvalue weighted by Crippen LogP contribution is 2.70. The van der Waals surface area contributed by atoms with Crippen LogP contribution in [-0.2, 0) is 4.79 Å². The highest BCUT2D eigenvalue weighted by molar-refractivity contribution is 5.86. The largest absolute Gasteiger partial charge is 0.393 e. The van der Waals surface area contributed by atoms with Gasteiger partial charge in [0, 0.05) is 17.3 Å². The van der Waals surface area contributed by atoms with E-state index in [1.54, 1.807) is 0 Å². The first kappa shape index (κ1) is 19.8. The molecule has 0 unspecified atom stereocenters. The molecule has 0 bridgehead atoms. The molecule has 4 fully saturated rings. The molecular formula is C22H35FO4. The molecule has 0 heterocycles. The van der Waals surface area contributed by atoms with Gasteiger partial charge in [-0.2, -0.15) is 0 Å². The van der Waals surface area contributed by atoms with Crippen molar-refractivity contribution < 1.29 is 24.5 Å². The van der Waals surface area contributed by atoms with Crippen LogP contribution >= 0.6 is 0 Å². The molecule has 4 aliphatic rings. The number of carbonyl (C=O) groups excluding carboxylic acids is 1. The normalized spacial score (nSPS) is 60.3. The first-order chi connectivity index (χ1) is 12.4. The van der Waals surface area contributed by atoms with E-state index in [4.69, 9.17) is 0 Å². The lowest BCUT2D eigenvalue weighted by Crippen LogP contribution is -2.68. The third kappa shape index (κ3) is 2.17. The number of ketones is 1. The topological polar surface area (TPSA) is 77.8 Å². The maximum Gasteiger partial charge on any atom is 0.162 e. The molecule has 0 spiro atoms. The van der Waals surface area contributed by atoms with Gasteiger partial charge in [0.1, 0.15) is 17.4 Å². The second-order valence-electron chi connectivity index (χ2n) is 10.7. The van der Waals surface area contributed by atoms with Gasteiger partial charge in [0.25, 0.3) is 0 Å². The molecule has 0 saturated heterocycles. The summed E-state index contributed by atoms with van der Waals surface area (Å²) in [5.41, 5.74) is -3.90. The zero-order valence-electron chi connectivity index (χ0n) is 17.0. The van der Waals surface area contributed by atoms with Crippen LogP contribution in [0.25, 0.3) is 0 Å². The van der Waals surface area contributed by atoms with Crippen molar-refractivity contribution in [1.82, 2.24) is 0 Å². The molecule has 0 amide bonds. The molecule has 0 radical (unpaired) electrons. The number of rotatable bonds is 1. The van der Waals surface area contributed by atoms with Crippen LogP contribution in [0.5, 0.6) is 0 Å². The fraction of sp³-hybridized carbons (Fsp3) is 0.955. The lowest BCUT2D eigenvalue weighted by atomic mass is 9.42. The van der Waals surface area contributed by atoms with Gasteiger partial charge in [-0.05, 0) is 69.1 Å². The van der Waals surface area contributed by atoms with Crippen LogP contribution in [-0.4, -0.2) is 44.6 Å². The van der Waals surface area contributed by atoms with E-state index in [-0.39, 0.29) is 42.3 Å². The number of aliphatic hydroxyl groups excluding tert-OH is 1. The average Bonchev–Trinajstić information content (AvgIpc) is 2.80. The van der Waals surface area contributed by atoms with Gasteiger partial charge < -0.3 is 15.3 Å². The Hall–Kier alpha value is -0.520. The van der Waals surface area contributed by atoms with E-state index >= 15 is 4.39 Å². The summed E-state index contributed by atoms with van der Waals surface area (Å²) in [6.45, 7) is 7.47. The zero-order valence-corrected chi connectivity index (χ0v) is 17.0. The third-order valence-electron chi connectivity index (χ3n) is 9.90. The molecule has 0 aliphatic heterocycles. The van der Waals surface area contributed by atoms with Crippen molar-refractivity contribution in [3.8, 4) is 0 Å². The molecule has 0 aromatic heterocycles. The Labute approximate surface area is 161 Å². The van der Waals surface area contributed by atoms with E-state index in [9.17, 15) is 20.1 Å². The number of carbonyl (C=O) groups is 1. The number of halogens is 1. The van der Waals surface area contributed by atoms with E-state index < -0.39 is 34.3 Å². The molecule has 5 heteroatoms. The van der Waals surface area contributed by atoms with E-state index in [0.29, 0.717) is 12.8 Å². The van der Waals surface area contributed by atoms with Crippen LogP contribution in [0, 0.1) is 34.5 Å². The smallest absolute Gasteiger partial charge is 0.162 e. The van der Waals surface area contributed by atoms with E-state index in [1.165, 1.54) is 6.92 Å². The second kappa shape index (κ2) is 5.76. The first-order valence-electron chi connectivity index (χ1n) is 10.7. The average molecular weight is 383 g/mol. The Balaban J connectivity index is 1.74. The number of aliphatic hydroxyl groups is 3. The molecular weight excluding hydrogens is 347 g/mol. The molecule has 4 nitrogen and oxygen atoms in total. The van der Waals surface area contributed by atoms with Crippen molar-refractivity contribution in [3.63, 3.8) is 0 Å². The second-order valence-corrected chi connectivity index (χ2v) is 10.7. The molecule has 4 aliphatic carbocycles. The van der Waals surface area contributed by atoms with Crippen LogP contribution in [0.4, 0.5) is 4.39 Å². The number of Topliss-reactive ketones (excluding diaryl/α,β-unsaturated/α-hetero) is 1. The number of hydrogen-bond acceptors (Lipinski definition) is 4. The van der Waals surface area contributed by atoms with Crippen molar-refractivity contribution in [2.75, 3.05) is 0 Å². The molecule has 4 saturated carbocycles. The summed E-state index contributed by atoms with van der Waals surface area (Å²) in [5, 5.41) is 32.8. The summed E-state index contributed by atoms with van der Waals surface area (Å²) in [4.78, 5) is 12.4. The molecule has 4 rings (SSSR count). The first-order valence-corrected chi connectivity index (χ1v) is 10.7. The predicted octanol–water partition coefficient (Wildman–Crippen LogP) is 3.02. The molecule has 0 aromatic carbocycles. The third-order valence-corrected chi connectivity index (χ3v) is 9.90. The minimum absolute atomic E-state index is 0.0649. The van der Waals surface area contributed by atoms with Gasteiger partial charge in [0.05, 0.1) is 6.10 Å². The van der Waals surface area contributed by atoms with Crippen LogP contribution in [0.3, 0.4) is 0 Å². The van der Waals surface area contributed by atoms with Crippen LogP contribution in [0.1, 0.15) is 72.6 Å². The Morgan fingerprint density at radius 3 is 2.30 bits per heavy atom. The fourth-order valence-electron chi connectivity index (χ4n) is 8.30. The van der Waals surface area contributed by atoms with Crippen LogP contribution < -0.4 is 0 Å². The lowest BCUT2D eigenvalue weighted by Gasteiger charge is -2.65. The number of hydrogen-bond donors (Lipinski definition) is 3. The molecule has 27 heavy (non-hydrogen) atoms. The van der Waals surface area contributed by atoms with Crippen LogP contribution in [0.2, 0.25) is 0 Å². The summed E-state index contributed by atoms with van der Waals surface area (Å²) < 4.78 is 15.4. The van der Waals surface area contributed by atoms with Crippen molar-refractivity contribution in [2.24, 2.45) is 34.5 Å². The van der Waals surface area contributed by atoms with Crippen LogP contribution in [0.15, 0.2) is 0 Å². The Morgan fingerprint density at radius 1 is 1.04 bits per heavy atom. The Bertz CT molecular complexity index is 654. The van der Waals surface area contributed by atoms with Gasteiger partial charge >= 0.3 is 0 Å². The molecule has 10 atom stereocenters. The summed E-state index contributed by atoms with van der Waals surface area (Å²) in [6, 6.07) is 0. The van der Waals surface area contributed by atoms with Gasteiger partial charge in [-0.3, -0.25) is 4.79 Å². The summed E-state index contributed by atoms with van der Waals surface area (Å²) >= 11 is 0. The van der Waals surface area contributed by atoms with E-state index in [2.05, 4.69) is 0 Å². The van der Waals surface area contributed by atoms with Gasteiger partial charge in [0.2, 0.25) is 0 Å². The van der Waals surface area contributed by atoms with Gasteiger partial charge in [-0.25, -0.2) is 4.39 Å². The predicted molar refractivity (Wildman–Crippen MR) is 99.7 cm³/mol. The van der Waals surface area contributed by atoms with Gasteiger partial charge in [-0.1, -0.05) is 20.8 Å². The summed E-state index contributed by atoms with van der Waals surface area (Å²) in [7, 11) is 0. The van der Waals surface area contributed by atoms with Crippen molar-refractivity contribution in [1.29, 1.82) is 0 Å². The minimum atomic E-state index is -1.47. The highest BCUT2D eigenvalue weighted by atomic mass is 19.1. The summed E-state index contributed by atoms with van der Waals surface area (Å²) in [6.07, 6.45) is 1.85. The molecule has 154 valence electrons. The number of fused-ring (bicyclic) bond motifs is 5. The Kier molecular flexibility index (Phi) is 4.22. The van der Waals surface area contributed by atoms with Crippen molar-refractivity contribution in [3.05, 3.63) is 0 Å². The SMILES string of the molecule is CC(=O)[C@]1(O)[C@@H](C)C[C@H]2[C@@H]3C[C@H](F)[C@]4(O)C[C@H](O)CC[C@]4(C)[C@H]3CC[C@@]21C. The fourth-order valence-corrected chi connectivity index (χ4v) is 8.30. The van der Waals surface area contributed by atoms with Crippen molar-refractivity contribution in [2.45, 2.75) is 96.1 Å². The summed E-state index contributed by atoms with van der Waals surface area (Å²) in [5.74, 6) is 0.0152. The molecule has 3 N–H and O–H groups in total. The Morgan fingerprint density at radius 2 is 1.67 bits per heavy atom. The quantitative estimate of drug-likeness (QED) is 0.651. The van der Waals surface area contributed by atoms with Gasteiger partial charge in [0.15, 0.2) is 5.78 Å². The van der Waals surface area contributed by atoms with E-state index in [1.807, 2.05) is 20.8 Å². The maximum atomic E-state index is 15.4. The zero-order chi connectivity index (χ0) is 20.0. The van der Waals surface area contributed by atoms with Gasteiger partial charge in [-0.15, -0.1) is 0 Å². The van der Waals surface area contributed by atoms with Crippen molar-refractivity contribution >= 4 is 5.78 Å².